The van der Waals surface area contributed by atoms with Crippen LogP contribution in [0.15, 0.2) is 31.8 Å². The smallest absolute Gasteiger partial charge is 0.179 e. The normalized spacial score (nSPS) is 10.6. The molecule has 2 aromatic rings. The summed E-state index contributed by atoms with van der Waals surface area (Å²) in [4.78, 5) is 1.02. The van der Waals surface area contributed by atoms with Crippen LogP contribution in [-0.2, 0) is 0 Å². The molecule has 0 spiro atoms. The van der Waals surface area contributed by atoms with Gasteiger partial charge in [0.05, 0.1) is 6.61 Å². The first-order valence-corrected chi connectivity index (χ1v) is 8.15. The third kappa shape index (κ3) is 3.54. The Labute approximate surface area is 118 Å². The van der Waals surface area contributed by atoms with Gasteiger partial charge in [0.25, 0.3) is 0 Å². The highest BCUT2D eigenvalue weighted by molar-refractivity contribution is 8.03. The zero-order valence-corrected chi connectivity index (χ0v) is 12.5. The molecule has 1 aromatic carbocycles. The summed E-state index contributed by atoms with van der Waals surface area (Å²) in [5.41, 5.74) is 6.54. The lowest BCUT2D eigenvalue weighted by Crippen LogP contribution is -1.93. The third-order valence-corrected chi connectivity index (χ3v) is 4.90. The van der Waals surface area contributed by atoms with Crippen molar-refractivity contribution in [2.75, 3.05) is 18.6 Å². The van der Waals surface area contributed by atoms with Crippen molar-refractivity contribution in [2.24, 2.45) is 0 Å². The van der Waals surface area contributed by atoms with Crippen LogP contribution in [0.2, 0.25) is 0 Å². The number of hydrogen-bond acceptors (Lipinski definition) is 7. The van der Waals surface area contributed by atoms with E-state index in [9.17, 15) is 0 Å². The molecule has 2 rings (SSSR count). The second kappa shape index (κ2) is 6.31. The van der Waals surface area contributed by atoms with Crippen molar-refractivity contribution in [3.8, 4) is 5.75 Å². The molecular weight excluding hydrogens is 286 g/mol. The van der Waals surface area contributed by atoms with E-state index in [1.807, 2.05) is 31.4 Å². The number of nitrogens with two attached hydrogens (primary N) is 1. The summed E-state index contributed by atoms with van der Waals surface area (Å²) in [5, 5.41) is 8.18. The number of thioether (sulfide) groups is 1. The second-order valence-corrected chi connectivity index (χ2v) is 6.66. The summed E-state index contributed by atoms with van der Waals surface area (Å²) in [6, 6.07) is 5.69. The van der Waals surface area contributed by atoms with E-state index in [1.165, 1.54) is 0 Å². The number of benzene rings is 1. The van der Waals surface area contributed by atoms with Gasteiger partial charge >= 0.3 is 0 Å². The van der Waals surface area contributed by atoms with E-state index in [2.05, 4.69) is 10.2 Å². The Hall–Kier alpha value is -0.920. The van der Waals surface area contributed by atoms with Crippen LogP contribution in [0.4, 0.5) is 5.69 Å². The summed E-state index contributed by atoms with van der Waals surface area (Å²) >= 11 is 4.72. The Kier molecular flexibility index (Phi) is 4.73. The molecule has 0 aliphatic rings. The van der Waals surface area contributed by atoms with Gasteiger partial charge in [-0.3, -0.25) is 0 Å². The van der Waals surface area contributed by atoms with Crippen LogP contribution in [0, 0.1) is 0 Å². The van der Waals surface area contributed by atoms with Crippen LogP contribution in [0.25, 0.3) is 0 Å². The summed E-state index contributed by atoms with van der Waals surface area (Å²) < 4.78 is 7.34. The maximum absolute atomic E-state index is 5.84. The first kappa shape index (κ1) is 13.5. The predicted molar refractivity (Wildman–Crippen MR) is 77.8 cm³/mol. The van der Waals surface area contributed by atoms with Crippen LogP contribution >= 0.6 is 34.9 Å². The minimum absolute atomic E-state index is 0.628. The third-order valence-electron chi connectivity index (χ3n) is 1.98. The van der Waals surface area contributed by atoms with Crippen LogP contribution in [0.1, 0.15) is 6.92 Å². The van der Waals surface area contributed by atoms with Crippen molar-refractivity contribution in [3.63, 3.8) is 0 Å². The average molecular weight is 299 g/mol. The monoisotopic (exact) mass is 299 g/mol. The lowest BCUT2D eigenvalue weighted by molar-refractivity contribution is 0.339. The first-order valence-electron chi connectivity index (χ1n) is 5.30. The molecule has 0 aliphatic heterocycles. The number of hydrogen-bond donors (Lipinski definition) is 1. The van der Waals surface area contributed by atoms with Crippen molar-refractivity contribution in [3.05, 3.63) is 18.2 Å². The van der Waals surface area contributed by atoms with E-state index >= 15 is 0 Å². The fraction of sp³-hybridized carbons (Fsp3) is 0.273. The SMILES string of the molecule is CCOc1cc(N)cc(Sc2nnc(SC)s2)c1. The van der Waals surface area contributed by atoms with Crippen LogP contribution in [-0.4, -0.2) is 23.1 Å². The van der Waals surface area contributed by atoms with E-state index in [4.69, 9.17) is 10.5 Å². The van der Waals surface area contributed by atoms with Crippen LogP contribution in [0.3, 0.4) is 0 Å². The largest absolute Gasteiger partial charge is 0.494 e. The number of anilines is 1. The number of nitrogen functional groups attached to an aromatic ring is 1. The van der Waals surface area contributed by atoms with Gasteiger partial charge < -0.3 is 10.5 Å². The summed E-state index contributed by atoms with van der Waals surface area (Å²) in [6.45, 7) is 2.58. The van der Waals surface area contributed by atoms with Gasteiger partial charge in [-0.05, 0) is 25.3 Å². The molecule has 0 bridgehead atoms. The number of ether oxygens (including phenoxy) is 1. The van der Waals surface area contributed by atoms with E-state index in [0.717, 1.165) is 19.3 Å². The molecule has 0 saturated heterocycles. The van der Waals surface area contributed by atoms with Gasteiger partial charge in [0.2, 0.25) is 0 Å². The van der Waals surface area contributed by atoms with E-state index in [-0.39, 0.29) is 0 Å². The average Bonchev–Trinajstić information content (AvgIpc) is 2.76. The number of nitrogens with zero attached hydrogens (tertiary/aromatic N) is 2. The van der Waals surface area contributed by atoms with Crippen molar-refractivity contribution >= 4 is 40.5 Å². The molecule has 7 heteroatoms. The topological polar surface area (TPSA) is 61.0 Å². The molecule has 4 nitrogen and oxygen atoms in total. The zero-order valence-electron chi connectivity index (χ0n) is 10.0. The Morgan fingerprint density at radius 2 is 2.06 bits per heavy atom. The maximum Gasteiger partial charge on any atom is 0.179 e. The van der Waals surface area contributed by atoms with Crippen molar-refractivity contribution < 1.29 is 4.74 Å². The molecule has 2 N–H and O–H groups in total. The van der Waals surface area contributed by atoms with Gasteiger partial charge in [-0.15, -0.1) is 10.2 Å². The van der Waals surface area contributed by atoms with Crippen molar-refractivity contribution in [2.45, 2.75) is 20.5 Å². The fourth-order valence-corrected chi connectivity index (χ4v) is 3.83. The molecular formula is C11H13N3OS3. The number of rotatable bonds is 5. The molecule has 0 saturated carbocycles. The first-order chi connectivity index (χ1) is 8.71. The van der Waals surface area contributed by atoms with Crippen molar-refractivity contribution in [1.82, 2.24) is 10.2 Å². The van der Waals surface area contributed by atoms with Gasteiger partial charge in [0, 0.05) is 16.6 Å². The highest BCUT2D eigenvalue weighted by Gasteiger charge is 2.07. The molecule has 1 heterocycles. The molecule has 0 unspecified atom stereocenters. The summed E-state index contributed by atoms with van der Waals surface area (Å²) in [6.07, 6.45) is 1.99. The predicted octanol–water partition coefficient (Wildman–Crippen LogP) is 3.39. The van der Waals surface area contributed by atoms with Crippen LogP contribution < -0.4 is 10.5 Å². The Balaban J connectivity index is 2.17. The molecule has 0 aliphatic carbocycles. The number of aromatic nitrogens is 2. The van der Waals surface area contributed by atoms with E-state index in [0.29, 0.717) is 12.3 Å². The summed E-state index contributed by atoms with van der Waals surface area (Å²) in [5.74, 6) is 0.787. The summed E-state index contributed by atoms with van der Waals surface area (Å²) in [7, 11) is 0. The fourth-order valence-electron chi connectivity index (χ4n) is 1.32. The van der Waals surface area contributed by atoms with Crippen molar-refractivity contribution in [1.29, 1.82) is 0 Å². The Bertz CT molecular complexity index is 530. The molecule has 18 heavy (non-hydrogen) atoms. The minimum Gasteiger partial charge on any atom is -0.494 e. The Morgan fingerprint density at radius 1 is 1.28 bits per heavy atom. The molecule has 0 radical (unpaired) electrons. The molecule has 0 atom stereocenters. The minimum atomic E-state index is 0.628. The molecule has 0 amide bonds. The quantitative estimate of drug-likeness (QED) is 0.674. The second-order valence-electron chi connectivity index (χ2n) is 3.31. The van der Waals surface area contributed by atoms with Gasteiger partial charge in [-0.2, -0.15) is 0 Å². The zero-order chi connectivity index (χ0) is 13.0. The lowest BCUT2D eigenvalue weighted by Gasteiger charge is -2.06. The Morgan fingerprint density at radius 3 is 2.72 bits per heavy atom. The lowest BCUT2D eigenvalue weighted by atomic mass is 10.3. The highest BCUT2D eigenvalue weighted by atomic mass is 32.2. The standard InChI is InChI=1S/C11H13N3OS3/c1-3-15-8-4-7(12)5-9(6-8)17-11-14-13-10(16-2)18-11/h4-6H,3,12H2,1-2H3. The molecule has 96 valence electrons. The van der Waals surface area contributed by atoms with Gasteiger partial charge in [-0.25, -0.2) is 0 Å². The van der Waals surface area contributed by atoms with E-state index < -0.39 is 0 Å². The van der Waals surface area contributed by atoms with Crippen LogP contribution in [0.5, 0.6) is 5.75 Å². The molecule has 1 aromatic heterocycles. The van der Waals surface area contributed by atoms with Gasteiger partial charge in [0.15, 0.2) is 8.68 Å². The van der Waals surface area contributed by atoms with Gasteiger partial charge in [-0.1, -0.05) is 34.9 Å². The maximum atomic E-state index is 5.84. The van der Waals surface area contributed by atoms with E-state index in [1.54, 1.807) is 34.9 Å². The van der Waals surface area contributed by atoms with Gasteiger partial charge in [0.1, 0.15) is 5.75 Å². The highest BCUT2D eigenvalue weighted by Crippen LogP contribution is 2.35. The molecule has 0 fully saturated rings.